The molecule has 0 bridgehead atoms. The monoisotopic (exact) mass is 525 g/mol. The van der Waals surface area contributed by atoms with Crippen molar-refractivity contribution in [3.05, 3.63) is 41.0 Å². The minimum absolute atomic E-state index is 0.146. The van der Waals surface area contributed by atoms with E-state index in [9.17, 15) is 14.0 Å². The molecule has 1 amide bonds. The normalized spacial score (nSPS) is 13.3. The fraction of sp³-hybridized carbons (Fsp3) is 0.391. The summed E-state index contributed by atoms with van der Waals surface area (Å²) in [5.74, 6) is -4.80. The van der Waals surface area contributed by atoms with Crippen molar-refractivity contribution in [3.8, 4) is 11.1 Å². The first-order chi connectivity index (χ1) is 17.2. The molecule has 13 heteroatoms. The maximum Gasteiger partial charge on any atom is 0.414 e. The number of rotatable bonds is 9. The predicted molar refractivity (Wildman–Crippen MR) is 130 cm³/mol. The van der Waals surface area contributed by atoms with Crippen LogP contribution < -0.4 is 10.6 Å². The minimum atomic E-state index is -1.82. The third-order valence-corrected chi connectivity index (χ3v) is 5.88. The Morgan fingerprint density at radius 1 is 1.11 bits per heavy atom. The van der Waals surface area contributed by atoms with Crippen molar-refractivity contribution in [3.63, 3.8) is 0 Å². The highest BCUT2D eigenvalue weighted by molar-refractivity contribution is 7.15. The second kappa shape index (κ2) is 14.9. The molecule has 1 aromatic heterocycles. The van der Waals surface area contributed by atoms with Crippen LogP contribution in [0.4, 0.5) is 9.39 Å². The highest BCUT2D eigenvalue weighted by atomic mass is 32.1. The van der Waals surface area contributed by atoms with Crippen molar-refractivity contribution in [2.24, 2.45) is 0 Å². The van der Waals surface area contributed by atoms with Crippen LogP contribution in [0.5, 0.6) is 0 Å². The molecule has 0 radical (unpaired) electrons. The number of thiophene rings is 1. The molecule has 1 aromatic carbocycles. The number of amides is 1. The highest BCUT2D eigenvalue weighted by Crippen LogP contribution is 2.36. The van der Waals surface area contributed by atoms with Crippen LogP contribution in [0.15, 0.2) is 29.6 Å². The van der Waals surface area contributed by atoms with Gasteiger partial charge in [0.05, 0.1) is 26.9 Å². The van der Waals surface area contributed by atoms with Gasteiger partial charge in [0.1, 0.15) is 16.4 Å². The predicted octanol–water partition coefficient (Wildman–Crippen LogP) is 1.75. The lowest BCUT2D eigenvalue weighted by molar-refractivity contribution is -0.159. The second-order valence-electron chi connectivity index (χ2n) is 7.49. The summed E-state index contributed by atoms with van der Waals surface area (Å²) in [6, 6.07) is 5.83. The van der Waals surface area contributed by atoms with Crippen LogP contribution in [0, 0.1) is 5.82 Å². The molecule has 0 aliphatic carbocycles. The summed E-state index contributed by atoms with van der Waals surface area (Å²) in [5, 5.41) is 22.9. The molecule has 3 rings (SSSR count). The summed E-state index contributed by atoms with van der Waals surface area (Å²) in [6.07, 6.45) is 0.939. The molecule has 0 saturated carbocycles. The largest absolute Gasteiger partial charge is 0.473 e. The van der Waals surface area contributed by atoms with Crippen LogP contribution in [-0.4, -0.2) is 92.0 Å². The fourth-order valence-corrected chi connectivity index (χ4v) is 4.20. The molecule has 196 valence electrons. The summed E-state index contributed by atoms with van der Waals surface area (Å²) in [4.78, 5) is 45.2. The minimum Gasteiger partial charge on any atom is -0.473 e. The van der Waals surface area contributed by atoms with Gasteiger partial charge in [-0.25, -0.2) is 18.8 Å². The summed E-state index contributed by atoms with van der Waals surface area (Å²) in [6.45, 7) is 5.29. The number of methoxy groups -OCH3 is 1. The van der Waals surface area contributed by atoms with E-state index in [1.54, 1.807) is 17.5 Å². The Morgan fingerprint density at radius 2 is 1.75 bits per heavy atom. The lowest BCUT2D eigenvalue weighted by Gasteiger charge is -2.26. The first-order valence-corrected chi connectivity index (χ1v) is 11.8. The van der Waals surface area contributed by atoms with Crippen LogP contribution in [0.25, 0.3) is 11.1 Å². The molecular formula is C23H28FN3O8S. The highest BCUT2D eigenvalue weighted by Gasteiger charge is 2.22. The summed E-state index contributed by atoms with van der Waals surface area (Å²) in [7, 11) is 1.29. The smallest absolute Gasteiger partial charge is 0.414 e. The molecule has 1 aliphatic rings. The molecular weight excluding hydrogens is 497 g/mol. The van der Waals surface area contributed by atoms with Crippen LogP contribution >= 0.6 is 11.3 Å². The first kappa shape index (κ1) is 28.8. The second-order valence-corrected chi connectivity index (χ2v) is 8.37. The Bertz CT molecular complexity index is 1030. The quantitative estimate of drug-likeness (QED) is 0.216. The van der Waals surface area contributed by atoms with Gasteiger partial charge >= 0.3 is 17.9 Å². The Morgan fingerprint density at radius 3 is 2.33 bits per heavy atom. The van der Waals surface area contributed by atoms with Gasteiger partial charge in [0, 0.05) is 24.0 Å². The van der Waals surface area contributed by atoms with Crippen molar-refractivity contribution >= 4 is 40.2 Å². The van der Waals surface area contributed by atoms with E-state index in [0.29, 0.717) is 16.1 Å². The van der Waals surface area contributed by atoms with Gasteiger partial charge in [0.2, 0.25) is 5.91 Å². The number of carboxylic acids is 2. The summed E-state index contributed by atoms with van der Waals surface area (Å²) >= 11 is 1.24. The number of hydrogen-bond acceptors (Lipinski definition) is 9. The van der Waals surface area contributed by atoms with E-state index in [-0.39, 0.29) is 23.8 Å². The number of morpholine rings is 1. The van der Waals surface area contributed by atoms with Gasteiger partial charge in [0.25, 0.3) is 0 Å². The average molecular weight is 526 g/mol. The maximum atomic E-state index is 13.2. The SMILES string of the molecule is COC(=O)c1c(-c2ccc(F)cc2)csc1NC(=O)CNCCCN1CCOCC1.O=C(O)C(=O)O. The molecule has 11 nitrogen and oxygen atoms in total. The van der Waals surface area contributed by atoms with E-state index >= 15 is 0 Å². The average Bonchev–Trinajstić information content (AvgIpc) is 3.28. The van der Waals surface area contributed by atoms with E-state index in [0.717, 1.165) is 45.8 Å². The van der Waals surface area contributed by atoms with Crippen LogP contribution in [0.1, 0.15) is 16.8 Å². The molecule has 2 aromatic rings. The van der Waals surface area contributed by atoms with E-state index < -0.39 is 17.9 Å². The van der Waals surface area contributed by atoms with Crippen LogP contribution in [-0.2, 0) is 23.9 Å². The number of nitrogens with zero attached hydrogens (tertiary/aromatic N) is 1. The summed E-state index contributed by atoms with van der Waals surface area (Å²) in [5.41, 5.74) is 1.55. The van der Waals surface area contributed by atoms with E-state index in [1.807, 2.05) is 0 Å². The van der Waals surface area contributed by atoms with Gasteiger partial charge in [-0.1, -0.05) is 12.1 Å². The van der Waals surface area contributed by atoms with Crippen LogP contribution in [0.3, 0.4) is 0 Å². The van der Waals surface area contributed by atoms with Crippen LogP contribution in [0.2, 0.25) is 0 Å². The maximum absolute atomic E-state index is 13.2. The number of ether oxygens (including phenoxy) is 2. The van der Waals surface area contributed by atoms with Crippen molar-refractivity contribution < 1.29 is 43.3 Å². The fourth-order valence-electron chi connectivity index (χ4n) is 3.22. The van der Waals surface area contributed by atoms with Crippen molar-refractivity contribution in [2.45, 2.75) is 6.42 Å². The first-order valence-electron chi connectivity index (χ1n) is 11.0. The van der Waals surface area contributed by atoms with Gasteiger partial charge in [-0.05, 0) is 37.2 Å². The van der Waals surface area contributed by atoms with Crippen molar-refractivity contribution in [1.29, 1.82) is 0 Å². The number of halogens is 1. The van der Waals surface area contributed by atoms with Gasteiger partial charge in [-0.15, -0.1) is 11.3 Å². The molecule has 1 fully saturated rings. The standard InChI is InChI=1S/C21H26FN3O4S.C2H2O4/c1-28-21(27)19-17(15-3-5-16(22)6-4-15)14-30-20(19)24-18(26)13-23-7-2-8-25-9-11-29-12-10-25;3-1(4)2(5)6/h3-6,14,23H,2,7-13H2,1H3,(H,24,26);(H,3,4)(H,5,6). The van der Waals surface area contributed by atoms with Gasteiger partial charge in [-0.2, -0.15) is 0 Å². The molecule has 0 spiro atoms. The number of esters is 1. The number of benzene rings is 1. The molecule has 2 heterocycles. The lowest BCUT2D eigenvalue weighted by Crippen LogP contribution is -2.38. The number of hydrogen-bond donors (Lipinski definition) is 4. The van der Waals surface area contributed by atoms with Crippen molar-refractivity contribution in [2.75, 3.05) is 58.4 Å². The Balaban J connectivity index is 0.000000678. The summed E-state index contributed by atoms with van der Waals surface area (Å²) < 4.78 is 23.4. The number of carboxylic acid groups (broad SMARTS) is 2. The number of carbonyl (C=O) groups excluding carboxylic acids is 2. The van der Waals surface area contributed by atoms with E-state index in [1.165, 1.54) is 30.6 Å². The Labute approximate surface area is 210 Å². The van der Waals surface area contributed by atoms with Crippen molar-refractivity contribution in [1.82, 2.24) is 10.2 Å². The number of nitrogens with one attached hydrogen (secondary N) is 2. The van der Waals surface area contributed by atoms with Gasteiger partial charge in [0.15, 0.2) is 0 Å². The third-order valence-electron chi connectivity index (χ3n) is 4.99. The number of carbonyl (C=O) groups is 4. The lowest BCUT2D eigenvalue weighted by atomic mass is 10.0. The Kier molecular flexibility index (Phi) is 11.9. The third kappa shape index (κ3) is 9.34. The van der Waals surface area contributed by atoms with Gasteiger partial charge < -0.3 is 30.3 Å². The Hall–Kier alpha value is -3.39. The topological polar surface area (TPSA) is 154 Å². The van der Waals surface area contributed by atoms with Gasteiger partial charge in [-0.3, -0.25) is 9.69 Å². The zero-order chi connectivity index (χ0) is 26.5. The molecule has 4 N–H and O–H groups in total. The van der Waals surface area contributed by atoms with E-state index in [4.69, 9.17) is 29.3 Å². The van der Waals surface area contributed by atoms with E-state index in [2.05, 4.69) is 15.5 Å². The zero-order valence-corrected chi connectivity index (χ0v) is 20.4. The molecule has 0 atom stereocenters. The zero-order valence-electron chi connectivity index (χ0n) is 19.6. The molecule has 36 heavy (non-hydrogen) atoms. The molecule has 1 saturated heterocycles. The number of anilines is 1. The number of aliphatic carboxylic acids is 2. The molecule has 1 aliphatic heterocycles. The molecule has 0 unspecified atom stereocenters.